The van der Waals surface area contributed by atoms with Crippen molar-refractivity contribution in [3.05, 3.63) is 72.5 Å². The summed E-state index contributed by atoms with van der Waals surface area (Å²) >= 11 is 1.58. The van der Waals surface area contributed by atoms with Gasteiger partial charge in [0.05, 0.1) is 0 Å². The van der Waals surface area contributed by atoms with Crippen molar-refractivity contribution < 1.29 is 23.3 Å². The Morgan fingerprint density at radius 2 is 1.00 bits per heavy atom. The van der Waals surface area contributed by atoms with Gasteiger partial charge in [-0.15, -0.1) is 24.8 Å². The first kappa shape index (κ1) is 31.1. The third-order valence-electron chi connectivity index (χ3n) is 4.72. The first-order valence-electron chi connectivity index (χ1n) is 8.58. The van der Waals surface area contributed by atoms with Gasteiger partial charge >= 0.3 is 30.2 Å². The standard InChI is InChI=1S/2C10H13.2CH3.2ClH.H2Si.Zr/c2*1-8-6-9-4-2-3-5-10(9)7-8;;;;;;/h2*6-7H,2-5H2,1H3;2*1H3;2*1H;1H2;/q4*-1;;;;. The van der Waals surface area contributed by atoms with Crippen LogP contribution in [0.2, 0.25) is 0 Å². The van der Waals surface area contributed by atoms with Crippen molar-refractivity contribution in [3.8, 4) is 0 Å². The summed E-state index contributed by atoms with van der Waals surface area (Å²) in [5, 5.41) is 0. The van der Waals surface area contributed by atoms with Gasteiger partial charge in [0, 0.05) is 0 Å². The van der Waals surface area contributed by atoms with Crippen LogP contribution in [-0.4, -0.2) is 6.88 Å². The van der Waals surface area contributed by atoms with Crippen LogP contribution in [0.1, 0.15) is 59.1 Å². The summed E-state index contributed by atoms with van der Waals surface area (Å²) in [5.41, 5.74) is 9.36. The molecule has 0 N–H and O–H groups in total. The van der Waals surface area contributed by atoms with Crippen LogP contribution in [-0.2, 0) is 49.0 Å². The quantitative estimate of drug-likeness (QED) is 0.313. The molecule has 150 valence electrons. The fourth-order valence-corrected chi connectivity index (χ4v) is 3.75. The van der Waals surface area contributed by atoms with Crippen molar-refractivity contribution in [2.75, 3.05) is 0 Å². The van der Waals surface area contributed by atoms with Gasteiger partial charge < -0.3 is 14.9 Å². The van der Waals surface area contributed by atoms with E-state index in [9.17, 15) is 0 Å². The van der Waals surface area contributed by atoms with E-state index in [0.717, 1.165) is 0 Å². The molecule has 0 radical (unpaired) electrons. The van der Waals surface area contributed by atoms with Crippen molar-refractivity contribution in [1.29, 1.82) is 0 Å². The molecule has 0 fully saturated rings. The van der Waals surface area contributed by atoms with Gasteiger partial charge in [-0.1, -0.05) is 65.2 Å². The van der Waals surface area contributed by atoms with Gasteiger partial charge in [0.2, 0.25) is 0 Å². The van der Waals surface area contributed by atoms with E-state index in [1.807, 2.05) is 6.88 Å². The minimum absolute atomic E-state index is 0. The van der Waals surface area contributed by atoms with E-state index in [1.165, 1.54) is 62.5 Å². The first-order chi connectivity index (χ1) is 10.7. The van der Waals surface area contributed by atoms with Crippen LogP contribution in [0.4, 0.5) is 0 Å². The molecule has 0 bridgehead atoms. The molecule has 0 saturated heterocycles. The zero-order valence-electron chi connectivity index (χ0n) is 17.0. The molecule has 4 heteroatoms. The van der Waals surface area contributed by atoms with Gasteiger partial charge in [0.1, 0.15) is 0 Å². The van der Waals surface area contributed by atoms with Crippen LogP contribution in [0.25, 0.3) is 0 Å². The van der Waals surface area contributed by atoms with Crippen LogP contribution in [0.3, 0.4) is 0 Å². The molecule has 0 saturated carbocycles. The second-order valence-electron chi connectivity index (χ2n) is 6.58. The molecule has 0 heterocycles. The normalized spacial score (nSPS) is 13.1. The summed E-state index contributed by atoms with van der Waals surface area (Å²) in [6.45, 7) is 6.34. The van der Waals surface area contributed by atoms with Crippen molar-refractivity contribution in [2.45, 2.75) is 65.2 Å². The van der Waals surface area contributed by atoms with E-state index in [2.05, 4.69) is 38.1 Å². The van der Waals surface area contributed by atoms with E-state index < -0.39 is 0 Å². The van der Waals surface area contributed by atoms with Gasteiger partial charge in [0.15, 0.2) is 0 Å². The van der Waals surface area contributed by atoms with E-state index in [0.29, 0.717) is 0 Å². The molecule has 0 atom stereocenters. The fraction of sp³-hybridized carbons (Fsp3) is 0.455. The molecule has 2 aliphatic carbocycles. The molecular weight excluding hydrogens is 454 g/mol. The molecule has 0 spiro atoms. The maximum atomic E-state index is 2.34. The van der Waals surface area contributed by atoms with E-state index in [1.54, 1.807) is 45.6 Å². The first-order valence-corrected chi connectivity index (χ1v) is 14.5. The topological polar surface area (TPSA) is 0 Å². The number of hydrogen-bond acceptors (Lipinski definition) is 0. The summed E-state index contributed by atoms with van der Waals surface area (Å²) in [6.07, 6.45) is 10.9. The van der Waals surface area contributed by atoms with Gasteiger partial charge in [-0.05, 0) is 0 Å². The maximum absolute atomic E-state index is 2.34. The van der Waals surface area contributed by atoms with E-state index >= 15 is 0 Å². The molecular formula is C22H36Cl2SiZr-4. The molecule has 0 unspecified atom stereocenters. The molecule has 2 aromatic rings. The summed E-state index contributed by atoms with van der Waals surface area (Å²) in [4.78, 5) is 0. The second kappa shape index (κ2) is 16.3. The molecule has 0 nitrogen and oxygen atoms in total. The Morgan fingerprint density at radius 3 is 1.31 bits per heavy atom. The van der Waals surface area contributed by atoms with Gasteiger partial charge in [-0.2, -0.15) is 45.5 Å². The predicted molar refractivity (Wildman–Crippen MR) is 123 cm³/mol. The molecule has 0 aromatic heterocycles. The van der Waals surface area contributed by atoms with Gasteiger partial charge in [0.25, 0.3) is 0 Å². The van der Waals surface area contributed by atoms with Crippen molar-refractivity contribution in [2.24, 2.45) is 0 Å². The van der Waals surface area contributed by atoms with Gasteiger partial charge in [-0.3, -0.25) is 0 Å². The number of rotatable bonds is 0. The summed E-state index contributed by atoms with van der Waals surface area (Å²) in [6, 6.07) is 9.37. The number of halogens is 2. The SMILES string of the molecule is Cc1cc2c([cH-]1)CCCC2.Cc1cc2c([cH-]1)CCCC2.Cl.Cl.[CH3-].[CH3-].[SiH2]=[Zr]. The third kappa shape index (κ3) is 9.05. The van der Waals surface area contributed by atoms with E-state index in [4.69, 9.17) is 0 Å². The third-order valence-corrected chi connectivity index (χ3v) is 4.72. The van der Waals surface area contributed by atoms with Crippen LogP contribution < -0.4 is 0 Å². The summed E-state index contributed by atoms with van der Waals surface area (Å²) < 4.78 is 0. The number of hydrogen-bond donors (Lipinski definition) is 0. The van der Waals surface area contributed by atoms with Crippen LogP contribution in [0.15, 0.2) is 24.3 Å². The van der Waals surface area contributed by atoms with Crippen LogP contribution >= 0.6 is 24.8 Å². The van der Waals surface area contributed by atoms with Crippen LogP contribution in [0, 0.1) is 28.7 Å². The number of aryl methyl sites for hydroxylation is 6. The monoisotopic (exact) mass is 488 g/mol. The predicted octanol–water partition coefficient (Wildman–Crippen LogP) is 6.01. The zero-order chi connectivity index (χ0) is 15.9. The molecule has 2 aromatic carbocycles. The Bertz CT molecular complexity index is 502. The summed E-state index contributed by atoms with van der Waals surface area (Å²) in [5.74, 6) is 0. The fourth-order valence-electron chi connectivity index (χ4n) is 3.75. The second-order valence-corrected chi connectivity index (χ2v) is 6.58. The average Bonchev–Trinajstić information content (AvgIpc) is 3.10. The Hall–Kier alpha value is 0.380. The van der Waals surface area contributed by atoms with Crippen molar-refractivity contribution in [1.82, 2.24) is 0 Å². The Morgan fingerprint density at radius 1 is 0.692 bits per heavy atom. The van der Waals surface area contributed by atoms with Gasteiger partial charge in [-0.25, -0.2) is 12.1 Å². The van der Waals surface area contributed by atoms with Crippen molar-refractivity contribution in [3.63, 3.8) is 0 Å². The summed E-state index contributed by atoms with van der Waals surface area (Å²) in [7, 11) is 0. The average molecular weight is 491 g/mol. The number of fused-ring (bicyclic) bond motifs is 2. The van der Waals surface area contributed by atoms with Crippen LogP contribution in [0.5, 0.6) is 0 Å². The Kier molecular flexibility index (Phi) is 19.5. The minimum atomic E-state index is 0. The zero-order valence-corrected chi connectivity index (χ0v) is 22.5. The van der Waals surface area contributed by atoms with E-state index in [-0.39, 0.29) is 39.7 Å². The molecule has 0 amide bonds. The molecule has 26 heavy (non-hydrogen) atoms. The molecule has 2 aliphatic rings. The Balaban J connectivity index is -0.000000326. The Labute approximate surface area is 191 Å². The molecule has 0 aliphatic heterocycles. The molecule has 4 rings (SSSR count). The van der Waals surface area contributed by atoms with Crippen molar-refractivity contribution >= 4 is 31.7 Å².